The molecule has 104 valence electrons. The Labute approximate surface area is 121 Å². The molecule has 0 atom stereocenters. The third-order valence-electron chi connectivity index (χ3n) is 3.85. The van der Waals surface area contributed by atoms with Crippen LogP contribution >= 0.6 is 11.3 Å². The van der Waals surface area contributed by atoms with Gasteiger partial charge in [0.2, 0.25) is 10.0 Å². The first kappa shape index (κ1) is 12.5. The Bertz CT molecular complexity index is 809. The van der Waals surface area contributed by atoms with Crippen molar-refractivity contribution in [3.63, 3.8) is 0 Å². The first-order valence-electron chi connectivity index (χ1n) is 6.38. The van der Waals surface area contributed by atoms with Crippen molar-refractivity contribution < 1.29 is 8.42 Å². The normalized spacial score (nSPS) is 20.0. The van der Waals surface area contributed by atoms with Crippen LogP contribution in [0.3, 0.4) is 0 Å². The van der Waals surface area contributed by atoms with Gasteiger partial charge in [0.1, 0.15) is 0 Å². The lowest BCUT2D eigenvalue weighted by Crippen LogP contribution is -2.48. The van der Waals surface area contributed by atoms with Gasteiger partial charge in [0, 0.05) is 26.2 Å². The molecule has 2 aromatic rings. The molecule has 0 bridgehead atoms. The van der Waals surface area contributed by atoms with Crippen LogP contribution < -0.4 is 5.32 Å². The molecule has 2 aliphatic rings. The van der Waals surface area contributed by atoms with E-state index in [9.17, 15) is 8.42 Å². The van der Waals surface area contributed by atoms with E-state index in [-0.39, 0.29) is 0 Å². The summed E-state index contributed by atoms with van der Waals surface area (Å²) in [5.41, 5.74) is 5.22. The van der Waals surface area contributed by atoms with Crippen molar-refractivity contribution in [2.75, 3.05) is 26.2 Å². The molecule has 7 heteroatoms. The second kappa shape index (κ2) is 4.36. The fourth-order valence-corrected chi connectivity index (χ4v) is 4.67. The van der Waals surface area contributed by atoms with Crippen molar-refractivity contribution in [2.24, 2.45) is 0 Å². The molecule has 2 aliphatic heterocycles. The van der Waals surface area contributed by atoms with Gasteiger partial charge in [0.05, 0.1) is 20.6 Å². The monoisotopic (exact) mass is 307 g/mol. The smallest absolute Gasteiger partial charge is 0.243 e. The van der Waals surface area contributed by atoms with Gasteiger partial charge < -0.3 is 5.32 Å². The van der Waals surface area contributed by atoms with E-state index >= 15 is 0 Å². The second-order valence-corrected chi connectivity index (χ2v) is 7.89. The van der Waals surface area contributed by atoms with Gasteiger partial charge in [-0.3, -0.25) is 0 Å². The predicted molar refractivity (Wildman–Crippen MR) is 78.3 cm³/mol. The lowest BCUT2D eigenvalue weighted by Gasteiger charge is -2.37. The van der Waals surface area contributed by atoms with Gasteiger partial charge in [-0.1, -0.05) is 0 Å². The molecule has 5 nitrogen and oxygen atoms in total. The van der Waals surface area contributed by atoms with Gasteiger partial charge in [-0.05, 0) is 29.3 Å². The summed E-state index contributed by atoms with van der Waals surface area (Å²) in [4.78, 5) is 4.54. The Morgan fingerprint density at radius 2 is 2.00 bits per heavy atom. The zero-order valence-corrected chi connectivity index (χ0v) is 12.3. The molecule has 3 heterocycles. The highest BCUT2D eigenvalue weighted by Gasteiger charge is 2.35. The molecule has 1 N–H and O–H groups in total. The van der Waals surface area contributed by atoms with Crippen LogP contribution in [0.5, 0.6) is 0 Å². The first-order chi connectivity index (χ1) is 9.64. The van der Waals surface area contributed by atoms with Gasteiger partial charge in [0.15, 0.2) is 0 Å². The average molecular weight is 307 g/mol. The number of hydrogen-bond donors (Lipinski definition) is 1. The van der Waals surface area contributed by atoms with Crippen LogP contribution in [0.1, 0.15) is 0 Å². The van der Waals surface area contributed by atoms with Crippen LogP contribution in [-0.4, -0.2) is 43.9 Å². The zero-order valence-electron chi connectivity index (χ0n) is 10.7. The zero-order chi connectivity index (χ0) is 13.7. The highest BCUT2D eigenvalue weighted by molar-refractivity contribution is 7.89. The van der Waals surface area contributed by atoms with Crippen molar-refractivity contribution in [1.29, 1.82) is 0 Å². The van der Waals surface area contributed by atoms with Gasteiger partial charge >= 0.3 is 0 Å². The minimum absolute atomic E-state index is 0.366. The van der Waals surface area contributed by atoms with E-state index in [1.165, 1.54) is 26.8 Å². The number of rotatable bonds is 2. The van der Waals surface area contributed by atoms with Gasteiger partial charge in [0.25, 0.3) is 0 Å². The van der Waals surface area contributed by atoms with Crippen LogP contribution in [0, 0.1) is 0 Å². The number of benzene rings is 1. The van der Waals surface area contributed by atoms with Crippen LogP contribution in [0.4, 0.5) is 0 Å². The molecule has 0 amide bonds. The quantitative estimate of drug-likeness (QED) is 0.847. The van der Waals surface area contributed by atoms with Crippen molar-refractivity contribution in [3.05, 3.63) is 34.9 Å². The highest BCUT2D eigenvalue weighted by atomic mass is 32.2. The highest BCUT2D eigenvalue weighted by Crippen LogP contribution is 2.29. The number of fused-ring (bicyclic) bond motifs is 1. The number of nitrogens with one attached hydrogen (secondary N) is 1. The minimum atomic E-state index is -3.36. The summed E-state index contributed by atoms with van der Waals surface area (Å²) in [6.07, 6.45) is 0. The fraction of sp³-hybridized carbons (Fsp3) is 0.308. The van der Waals surface area contributed by atoms with Crippen molar-refractivity contribution in [1.82, 2.24) is 14.6 Å². The van der Waals surface area contributed by atoms with Crippen LogP contribution in [0.15, 0.2) is 39.8 Å². The standard InChI is InChI=1S/C13H13N3O2S2/c17-20(18,16-6-10(7-16)9-4-14-5-9)11-1-2-12-13(3-11)19-8-15-12/h1-3,8,14H,4-7H2. The maximum absolute atomic E-state index is 12.5. The third-order valence-corrected chi connectivity index (χ3v) is 6.43. The average Bonchev–Trinajstić information content (AvgIpc) is 2.77. The molecule has 0 unspecified atom stereocenters. The Morgan fingerprint density at radius 3 is 2.70 bits per heavy atom. The summed E-state index contributed by atoms with van der Waals surface area (Å²) >= 11 is 1.46. The minimum Gasteiger partial charge on any atom is -0.309 e. The van der Waals surface area contributed by atoms with E-state index in [0.29, 0.717) is 18.0 Å². The molecule has 0 radical (unpaired) electrons. The van der Waals surface area contributed by atoms with Gasteiger partial charge in [-0.25, -0.2) is 13.4 Å². The lowest BCUT2D eigenvalue weighted by molar-refractivity contribution is 0.381. The maximum atomic E-state index is 12.5. The lowest BCUT2D eigenvalue weighted by atomic mass is 9.99. The molecular weight excluding hydrogens is 294 g/mol. The fourth-order valence-electron chi connectivity index (χ4n) is 2.42. The van der Waals surface area contributed by atoms with E-state index in [4.69, 9.17) is 0 Å². The number of hydrogen-bond acceptors (Lipinski definition) is 5. The molecule has 0 spiro atoms. The molecule has 0 saturated carbocycles. The number of thiazole rings is 1. The first-order valence-corrected chi connectivity index (χ1v) is 8.70. The topological polar surface area (TPSA) is 62.3 Å². The van der Waals surface area contributed by atoms with Crippen LogP contribution in [0.2, 0.25) is 0 Å². The number of sulfonamides is 1. The molecule has 1 aromatic carbocycles. The van der Waals surface area contributed by atoms with Gasteiger partial charge in [-0.15, -0.1) is 11.3 Å². The second-order valence-electron chi connectivity index (χ2n) is 5.07. The van der Waals surface area contributed by atoms with Crippen molar-refractivity contribution in [2.45, 2.75) is 4.90 Å². The number of aromatic nitrogens is 1. The Balaban J connectivity index is 1.63. The summed E-state index contributed by atoms with van der Waals surface area (Å²) in [5.74, 6) is 0. The third kappa shape index (κ3) is 1.81. The summed E-state index contributed by atoms with van der Waals surface area (Å²) < 4.78 is 27.5. The van der Waals surface area contributed by atoms with Crippen molar-refractivity contribution in [3.8, 4) is 0 Å². The molecule has 4 rings (SSSR count). The van der Waals surface area contributed by atoms with Gasteiger partial charge in [-0.2, -0.15) is 4.31 Å². The van der Waals surface area contributed by atoms with E-state index in [1.807, 2.05) is 0 Å². The molecule has 1 aromatic heterocycles. The molecule has 0 aliphatic carbocycles. The van der Waals surface area contributed by atoms with Crippen LogP contribution in [-0.2, 0) is 10.0 Å². The summed E-state index contributed by atoms with van der Waals surface area (Å²) in [5, 5.41) is 3.18. The van der Waals surface area contributed by atoms with Crippen LogP contribution in [0.25, 0.3) is 10.2 Å². The Hall–Kier alpha value is -1.28. The Morgan fingerprint density at radius 1 is 1.20 bits per heavy atom. The molecule has 20 heavy (non-hydrogen) atoms. The van der Waals surface area contributed by atoms with E-state index in [2.05, 4.69) is 10.3 Å². The molecular formula is C13H13N3O2S2. The van der Waals surface area contributed by atoms with E-state index < -0.39 is 10.0 Å². The summed E-state index contributed by atoms with van der Waals surface area (Å²) in [6, 6.07) is 5.14. The SMILES string of the molecule is O=S(=O)(c1ccc2ncsc2c1)N1CC(=C2CNC2)C1. The maximum Gasteiger partial charge on any atom is 0.243 e. The summed E-state index contributed by atoms with van der Waals surface area (Å²) in [7, 11) is -3.36. The summed E-state index contributed by atoms with van der Waals surface area (Å²) in [6.45, 7) is 2.91. The molecule has 2 saturated heterocycles. The molecule has 2 fully saturated rings. The van der Waals surface area contributed by atoms with Crippen molar-refractivity contribution >= 4 is 31.6 Å². The number of nitrogens with zero attached hydrogens (tertiary/aromatic N) is 2. The van der Waals surface area contributed by atoms with E-state index in [1.54, 1.807) is 23.7 Å². The predicted octanol–water partition coefficient (Wildman–Crippen LogP) is 1.20. The largest absolute Gasteiger partial charge is 0.309 e. The Kier molecular flexibility index (Phi) is 2.71. The van der Waals surface area contributed by atoms with E-state index in [0.717, 1.165) is 23.3 Å².